The van der Waals surface area contributed by atoms with Crippen molar-refractivity contribution in [2.45, 2.75) is 5.91 Å². The van der Waals surface area contributed by atoms with Crippen molar-refractivity contribution in [3.8, 4) is 11.4 Å². The Labute approximate surface area is 120 Å². The first-order valence-corrected chi connectivity index (χ1v) is 5.97. The van der Waals surface area contributed by atoms with Gasteiger partial charge in [-0.2, -0.15) is 0 Å². The molecule has 1 aromatic carbocycles. The van der Waals surface area contributed by atoms with Gasteiger partial charge in [-0.15, -0.1) is 10.2 Å². The highest BCUT2D eigenvalue weighted by Gasteiger charge is 2.45. The molecule has 1 N–H and O–H groups in total. The maximum atomic E-state index is 12.1. The molecule has 0 unspecified atom stereocenters. The number of benzene rings is 1. The maximum Gasteiger partial charge on any atom is 0.374 e. The van der Waals surface area contributed by atoms with Crippen LogP contribution in [0.15, 0.2) is 30.3 Å². The van der Waals surface area contributed by atoms with Gasteiger partial charge in [0.1, 0.15) is 0 Å². The summed E-state index contributed by atoms with van der Waals surface area (Å²) in [6.45, 7) is 0. The van der Waals surface area contributed by atoms with E-state index < -0.39 is 11.8 Å². The molecule has 0 aliphatic carbocycles. The first-order chi connectivity index (χ1) is 10.2. The van der Waals surface area contributed by atoms with Crippen LogP contribution in [0.25, 0.3) is 11.4 Å². The number of methoxy groups -OCH3 is 2. The van der Waals surface area contributed by atoms with Crippen LogP contribution in [0.5, 0.6) is 0 Å². The number of hydrogen-bond donors (Lipinski definition) is 1. The number of nitrogens with one attached hydrogen (secondary N) is 1. The van der Waals surface area contributed by atoms with E-state index in [2.05, 4.69) is 25.7 Å². The largest absolute Gasteiger partial charge is 0.374 e. The predicted molar refractivity (Wildman–Crippen MR) is 70.4 cm³/mol. The fourth-order valence-corrected chi connectivity index (χ4v) is 1.72. The molecule has 2 aromatic rings. The molecular weight excluding hydrogens is 278 g/mol. The molecule has 0 aliphatic rings. The number of rotatable bonds is 6. The summed E-state index contributed by atoms with van der Waals surface area (Å²) in [5, 5.41) is 11.8. The standard InChI is InChI=1S/C12H15N5O4/c1-19-12(20-2,11(18)15-21-3)17-14-10(13-16-17)9-7-5-4-6-8-9/h4-8H,1-3H3,(H,15,18). The average molecular weight is 293 g/mol. The van der Waals surface area contributed by atoms with Gasteiger partial charge >= 0.3 is 11.8 Å². The Bertz CT molecular complexity index is 597. The SMILES string of the molecule is CONC(=O)C(OC)(OC)n1nnc(-c2ccccc2)n1. The quantitative estimate of drug-likeness (QED) is 0.587. The van der Waals surface area contributed by atoms with Crippen LogP contribution < -0.4 is 5.48 Å². The normalized spacial score (nSPS) is 11.4. The summed E-state index contributed by atoms with van der Waals surface area (Å²) < 4.78 is 10.2. The summed E-state index contributed by atoms with van der Waals surface area (Å²) in [7, 11) is 3.85. The van der Waals surface area contributed by atoms with Gasteiger partial charge in [-0.1, -0.05) is 35.1 Å². The molecule has 9 nitrogen and oxygen atoms in total. The molecule has 0 saturated heterocycles. The van der Waals surface area contributed by atoms with Crippen LogP contribution in [0, 0.1) is 0 Å². The number of carbonyl (C=O) groups is 1. The number of carbonyl (C=O) groups excluding carboxylic acids is 1. The molecule has 1 heterocycles. The summed E-state index contributed by atoms with van der Waals surface area (Å²) in [6.07, 6.45) is 0. The van der Waals surface area contributed by atoms with Crippen LogP contribution in [-0.2, 0) is 25.0 Å². The zero-order chi connectivity index (χ0) is 15.3. The van der Waals surface area contributed by atoms with Gasteiger partial charge in [0.2, 0.25) is 5.82 Å². The smallest absolute Gasteiger partial charge is 0.326 e. The number of hydrogen-bond acceptors (Lipinski definition) is 7. The number of aromatic nitrogens is 4. The third kappa shape index (κ3) is 2.75. The second-order valence-corrected chi connectivity index (χ2v) is 3.89. The minimum Gasteiger partial charge on any atom is -0.326 e. The zero-order valence-electron chi connectivity index (χ0n) is 11.8. The van der Waals surface area contributed by atoms with Crippen LogP contribution in [0.3, 0.4) is 0 Å². The topological polar surface area (TPSA) is 100 Å². The molecule has 0 fully saturated rings. The van der Waals surface area contributed by atoms with Crippen molar-refractivity contribution < 1.29 is 19.1 Å². The Morgan fingerprint density at radius 2 is 1.86 bits per heavy atom. The van der Waals surface area contributed by atoms with Crippen LogP contribution in [0.2, 0.25) is 0 Å². The molecule has 0 aliphatic heterocycles. The number of amides is 1. The second kappa shape index (κ2) is 6.39. The second-order valence-electron chi connectivity index (χ2n) is 3.89. The molecule has 0 spiro atoms. The van der Waals surface area contributed by atoms with Crippen LogP contribution in [0.4, 0.5) is 0 Å². The van der Waals surface area contributed by atoms with Crippen LogP contribution in [0.1, 0.15) is 0 Å². The number of ether oxygens (including phenoxy) is 2. The average Bonchev–Trinajstić information content (AvgIpc) is 3.01. The van der Waals surface area contributed by atoms with Gasteiger partial charge in [0.25, 0.3) is 0 Å². The number of tetrazole rings is 1. The highest BCUT2D eigenvalue weighted by molar-refractivity contribution is 5.80. The Morgan fingerprint density at radius 3 is 2.43 bits per heavy atom. The molecule has 1 aromatic heterocycles. The number of hydroxylamine groups is 1. The highest BCUT2D eigenvalue weighted by Crippen LogP contribution is 2.19. The zero-order valence-corrected chi connectivity index (χ0v) is 11.8. The summed E-state index contributed by atoms with van der Waals surface area (Å²) in [4.78, 5) is 17.6. The van der Waals surface area contributed by atoms with Crippen molar-refractivity contribution in [3.05, 3.63) is 30.3 Å². The van der Waals surface area contributed by atoms with E-state index in [0.717, 1.165) is 10.4 Å². The van der Waals surface area contributed by atoms with Gasteiger partial charge in [0, 0.05) is 19.8 Å². The Kier molecular flexibility index (Phi) is 4.58. The summed E-state index contributed by atoms with van der Waals surface area (Å²) in [5.41, 5.74) is 2.87. The van der Waals surface area contributed by atoms with E-state index in [1.165, 1.54) is 21.3 Å². The molecule has 9 heteroatoms. The molecule has 0 radical (unpaired) electrons. The molecule has 1 amide bonds. The van der Waals surface area contributed by atoms with Crippen LogP contribution >= 0.6 is 0 Å². The lowest BCUT2D eigenvalue weighted by molar-refractivity contribution is -0.269. The summed E-state index contributed by atoms with van der Waals surface area (Å²) in [5.74, 6) is -2.30. The third-order valence-corrected chi connectivity index (χ3v) is 2.74. The van der Waals surface area contributed by atoms with Gasteiger partial charge in [-0.25, -0.2) is 5.48 Å². The van der Waals surface area contributed by atoms with Gasteiger partial charge < -0.3 is 9.47 Å². The van der Waals surface area contributed by atoms with E-state index in [-0.39, 0.29) is 0 Å². The Hall–Kier alpha value is -2.36. The van der Waals surface area contributed by atoms with Crippen molar-refractivity contribution in [2.75, 3.05) is 21.3 Å². The third-order valence-electron chi connectivity index (χ3n) is 2.74. The van der Waals surface area contributed by atoms with Gasteiger partial charge in [0.15, 0.2) is 0 Å². The lowest BCUT2D eigenvalue weighted by Crippen LogP contribution is -2.52. The van der Waals surface area contributed by atoms with Crippen molar-refractivity contribution in [2.24, 2.45) is 0 Å². The predicted octanol–water partition coefficient (Wildman–Crippen LogP) is -0.0792. The first kappa shape index (κ1) is 15.0. The van der Waals surface area contributed by atoms with E-state index in [9.17, 15) is 4.79 Å². The van der Waals surface area contributed by atoms with Gasteiger partial charge in [-0.3, -0.25) is 9.63 Å². The lowest BCUT2D eigenvalue weighted by Gasteiger charge is -2.26. The van der Waals surface area contributed by atoms with E-state index in [1.807, 2.05) is 30.3 Å². The van der Waals surface area contributed by atoms with E-state index in [4.69, 9.17) is 9.47 Å². The van der Waals surface area contributed by atoms with Gasteiger partial charge in [-0.05, 0) is 5.21 Å². The van der Waals surface area contributed by atoms with Crippen molar-refractivity contribution >= 4 is 5.91 Å². The fraction of sp³-hybridized carbons (Fsp3) is 0.333. The summed E-state index contributed by atoms with van der Waals surface area (Å²) in [6, 6.07) is 9.19. The molecule has 0 atom stereocenters. The molecular formula is C12H15N5O4. The van der Waals surface area contributed by atoms with Crippen molar-refractivity contribution in [1.82, 2.24) is 25.7 Å². The van der Waals surface area contributed by atoms with Crippen LogP contribution in [-0.4, -0.2) is 47.4 Å². The van der Waals surface area contributed by atoms with Crippen molar-refractivity contribution in [1.29, 1.82) is 0 Å². The lowest BCUT2D eigenvalue weighted by atomic mass is 10.2. The minimum absolute atomic E-state index is 0.333. The van der Waals surface area contributed by atoms with E-state index in [0.29, 0.717) is 5.82 Å². The first-order valence-electron chi connectivity index (χ1n) is 5.97. The fourth-order valence-electron chi connectivity index (χ4n) is 1.72. The molecule has 0 saturated carbocycles. The molecule has 0 bridgehead atoms. The molecule has 2 rings (SSSR count). The molecule has 21 heavy (non-hydrogen) atoms. The number of nitrogens with zero attached hydrogens (tertiary/aromatic N) is 4. The maximum absolute atomic E-state index is 12.1. The molecule has 112 valence electrons. The highest BCUT2D eigenvalue weighted by atomic mass is 16.7. The van der Waals surface area contributed by atoms with Gasteiger partial charge in [0.05, 0.1) is 7.11 Å². The Morgan fingerprint density at radius 1 is 1.19 bits per heavy atom. The van der Waals surface area contributed by atoms with E-state index >= 15 is 0 Å². The van der Waals surface area contributed by atoms with E-state index in [1.54, 1.807) is 0 Å². The van der Waals surface area contributed by atoms with Crippen molar-refractivity contribution in [3.63, 3.8) is 0 Å². The minimum atomic E-state index is -1.91. The Balaban J connectivity index is 2.39. The summed E-state index contributed by atoms with van der Waals surface area (Å²) >= 11 is 0. The monoisotopic (exact) mass is 293 g/mol.